The van der Waals surface area contributed by atoms with Gasteiger partial charge in [0.1, 0.15) is 5.69 Å². The summed E-state index contributed by atoms with van der Waals surface area (Å²) < 4.78 is 24.3. The van der Waals surface area contributed by atoms with Gasteiger partial charge in [0.15, 0.2) is 0 Å². The number of hydrogen-bond donors (Lipinski definition) is 1. The third kappa shape index (κ3) is 1.84. The van der Waals surface area contributed by atoms with E-state index in [1.807, 2.05) is 4.98 Å². The summed E-state index contributed by atoms with van der Waals surface area (Å²) in [4.78, 5) is 12.7. The van der Waals surface area contributed by atoms with Gasteiger partial charge in [-0.2, -0.15) is 0 Å². The van der Waals surface area contributed by atoms with E-state index in [1.54, 1.807) is 0 Å². The van der Waals surface area contributed by atoms with Gasteiger partial charge in [-0.05, 0) is 15.9 Å². The molecular weight excluding hydrogens is 255 g/mol. The molecule has 6 heteroatoms. The van der Waals surface area contributed by atoms with Crippen molar-refractivity contribution in [2.45, 2.75) is 6.43 Å². The molecule has 0 unspecified atom stereocenters. The van der Waals surface area contributed by atoms with Crippen LogP contribution in [0.15, 0.2) is 15.3 Å². The van der Waals surface area contributed by atoms with Crippen molar-refractivity contribution in [1.29, 1.82) is 0 Å². The van der Waals surface area contributed by atoms with E-state index >= 15 is 0 Å². The minimum Gasteiger partial charge on any atom is -0.320 e. The van der Waals surface area contributed by atoms with Crippen molar-refractivity contribution in [2.75, 3.05) is 0 Å². The number of H-pyrrole nitrogens is 1. The van der Waals surface area contributed by atoms with Crippen molar-refractivity contribution in [3.63, 3.8) is 0 Å². The lowest BCUT2D eigenvalue weighted by atomic mass is 10.3. The van der Waals surface area contributed by atoms with E-state index < -0.39 is 17.7 Å². The Morgan fingerprint density at radius 3 is 2.67 bits per heavy atom. The Balaban J connectivity index is 3.38. The molecule has 1 aromatic heterocycles. The van der Waals surface area contributed by atoms with Gasteiger partial charge in [0.05, 0.1) is 9.50 Å². The first kappa shape index (κ1) is 9.67. The summed E-state index contributed by atoms with van der Waals surface area (Å²) in [6.45, 7) is 0. The third-order valence-corrected chi connectivity index (χ3v) is 2.56. The largest absolute Gasteiger partial charge is 0.320 e. The second-order valence-corrected chi connectivity index (χ2v) is 3.21. The normalized spacial score (nSPS) is 10.8. The molecule has 0 saturated carbocycles. The number of halogens is 4. The zero-order chi connectivity index (χ0) is 9.30. The first-order valence-corrected chi connectivity index (χ1v) is 4.06. The maximum absolute atomic E-state index is 12.1. The molecule has 2 nitrogen and oxygen atoms in total. The van der Waals surface area contributed by atoms with Crippen LogP contribution in [0.1, 0.15) is 12.1 Å². The maximum Gasteiger partial charge on any atom is 0.279 e. The average Bonchev–Trinajstić information content (AvgIpc) is 1.96. The Hall–Kier alpha value is -0.420. The smallest absolute Gasteiger partial charge is 0.279 e. The highest BCUT2D eigenvalue weighted by atomic mass is 79.9. The number of nitrogens with one attached hydrogen (secondary N) is 1. The molecule has 0 amide bonds. The van der Waals surface area contributed by atoms with E-state index in [2.05, 4.69) is 15.9 Å². The van der Waals surface area contributed by atoms with Crippen molar-refractivity contribution in [2.24, 2.45) is 0 Å². The molecular formula is C6H3BrClF2NO. The Bertz CT molecular complexity index is 352. The van der Waals surface area contributed by atoms with Crippen LogP contribution < -0.4 is 5.56 Å². The van der Waals surface area contributed by atoms with Gasteiger partial charge in [-0.25, -0.2) is 8.78 Å². The summed E-state index contributed by atoms with van der Waals surface area (Å²) in [5.74, 6) is 0. The van der Waals surface area contributed by atoms with E-state index in [1.165, 1.54) is 0 Å². The minimum absolute atomic E-state index is 0.0194. The number of aromatic nitrogens is 1. The second-order valence-electron chi connectivity index (χ2n) is 2.01. The van der Waals surface area contributed by atoms with Crippen LogP contribution in [-0.2, 0) is 0 Å². The molecule has 0 aliphatic rings. The molecule has 1 aromatic rings. The van der Waals surface area contributed by atoms with Crippen LogP contribution in [-0.4, -0.2) is 4.98 Å². The van der Waals surface area contributed by atoms with Gasteiger partial charge in [-0.3, -0.25) is 4.79 Å². The lowest BCUT2D eigenvalue weighted by Gasteiger charge is -2.02. The van der Waals surface area contributed by atoms with Crippen molar-refractivity contribution in [1.82, 2.24) is 4.98 Å². The SMILES string of the molecule is O=c1cc(Cl)c(Br)c(C(F)F)[nH]1. The topological polar surface area (TPSA) is 32.9 Å². The third-order valence-electron chi connectivity index (χ3n) is 1.18. The van der Waals surface area contributed by atoms with Gasteiger partial charge >= 0.3 is 0 Å². The number of pyridine rings is 1. The molecule has 0 atom stereocenters. The van der Waals surface area contributed by atoms with Crippen molar-refractivity contribution < 1.29 is 8.78 Å². The number of aromatic amines is 1. The van der Waals surface area contributed by atoms with Crippen LogP contribution in [0.3, 0.4) is 0 Å². The second kappa shape index (κ2) is 3.53. The summed E-state index contributed by atoms with van der Waals surface area (Å²) in [5, 5.41) is -0.0194. The molecule has 1 rings (SSSR count). The summed E-state index contributed by atoms with van der Waals surface area (Å²) in [7, 11) is 0. The molecule has 0 aliphatic carbocycles. The molecule has 0 saturated heterocycles. The van der Waals surface area contributed by atoms with Crippen LogP contribution >= 0.6 is 27.5 Å². The highest BCUT2D eigenvalue weighted by molar-refractivity contribution is 9.10. The van der Waals surface area contributed by atoms with Crippen LogP contribution in [0.5, 0.6) is 0 Å². The predicted molar refractivity (Wildman–Crippen MR) is 44.7 cm³/mol. The fourth-order valence-corrected chi connectivity index (χ4v) is 1.27. The van der Waals surface area contributed by atoms with E-state index in [0.29, 0.717) is 0 Å². The fraction of sp³-hybridized carbons (Fsp3) is 0.167. The van der Waals surface area contributed by atoms with Crippen molar-refractivity contribution in [3.05, 3.63) is 31.6 Å². The zero-order valence-corrected chi connectivity index (χ0v) is 7.92. The lowest BCUT2D eigenvalue weighted by Crippen LogP contribution is -2.08. The van der Waals surface area contributed by atoms with Gasteiger partial charge in [0.2, 0.25) is 5.56 Å². The van der Waals surface area contributed by atoms with Crippen LogP contribution in [0.2, 0.25) is 5.02 Å². The average molecular weight is 258 g/mol. The molecule has 1 heterocycles. The highest BCUT2D eigenvalue weighted by Gasteiger charge is 2.15. The van der Waals surface area contributed by atoms with Crippen molar-refractivity contribution >= 4 is 27.5 Å². The van der Waals surface area contributed by atoms with E-state index in [-0.39, 0.29) is 9.50 Å². The molecule has 0 bridgehead atoms. The zero-order valence-electron chi connectivity index (χ0n) is 5.57. The minimum atomic E-state index is -2.74. The van der Waals surface area contributed by atoms with Gasteiger partial charge in [0, 0.05) is 6.07 Å². The summed E-state index contributed by atoms with van der Waals surface area (Å²) in [6.07, 6.45) is -2.74. The Morgan fingerprint density at radius 1 is 1.58 bits per heavy atom. The molecule has 0 fully saturated rings. The summed E-state index contributed by atoms with van der Waals surface area (Å²) in [6, 6.07) is 1.03. The van der Waals surface area contributed by atoms with Gasteiger partial charge in [0.25, 0.3) is 6.43 Å². The molecule has 0 spiro atoms. The van der Waals surface area contributed by atoms with Crippen LogP contribution in [0, 0.1) is 0 Å². The van der Waals surface area contributed by atoms with Crippen molar-refractivity contribution in [3.8, 4) is 0 Å². The van der Waals surface area contributed by atoms with Crippen LogP contribution in [0.4, 0.5) is 8.78 Å². The van der Waals surface area contributed by atoms with Gasteiger partial charge in [-0.15, -0.1) is 0 Å². The molecule has 0 aromatic carbocycles. The Morgan fingerprint density at radius 2 is 2.17 bits per heavy atom. The summed E-state index contributed by atoms with van der Waals surface area (Å²) >= 11 is 8.30. The fourth-order valence-electron chi connectivity index (χ4n) is 0.681. The number of alkyl halides is 2. The molecule has 0 radical (unpaired) electrons. The number of hydrogen-bond acceptors (Lipinski definition) is 1. The molecule has 66 valence electrons. The first-order chi connectivity index (χ1) is 5.52. The first-order valence-electron chi connectivity index (χ1n) is 2.88. The monoisotopic (exact) mass is 257 g/mol. The summed E-state index contributed by atoms with van der Waals surface area (Å²) in [5.41, 5.74) is -1.13. The quantitative estimate of drug-likeness (QED) is 0.825. The Labute approximate surface area is 79.7 Å². The highest BCUT2D eigenvalue weighted by Crippen LogP contribution is 2.29. The van der Waals surface area contributed by atoms with E-state index in [4.69, 9.17) is 11.6 Å². The van der Waals surface area contributed by atoms with Gasteiger partial charge < -0.3 is 4.98 Å². The predicted octanol–water partition coefficient (Wildman–Crippen LogP) is 2.73. The molecule has 1 N–H and O–H groups in total. The Kier molecular flexibility index (Phi) is 2.85. The maximum atomic E-state index is 12.1. The van der Waals surface area contributed by atoms with E-state index in [9.17, 15) is 13.6 Å². The molecule has 12 heavy (non-hydrogen) atoms. The van der Waals surface area contributed by atoms with Crippen LogP contribution in [0.25, 0.3) is 0 Å². The standard InChI is InChI=1S/C6H3BrClF2NO/c7-4-2(8)1-3(12)11-5(4)6(9)10/h1,6H,(H,11,12). The number of rotatable bonds is 1. The lowest BCUT2D eigenvalue weighted by molar-refractivity contribution is 0.145. The molecule has 0 aliphatic heterocycles. The van der Waals surface area contributed by atoms with E-state index in [0.717, 1.165) is 6.07 Å². The van der Waals surface area contributed by atoms with Gasteiger partial charge in [-0.1, -0.05) is 11.6 Å².